The van der Waals surface area contributed by atoms with Crippen LogP contribution in [0.25, 0.3) is 22.3 Å². The smallest absolute Gasteiger partial charge is 0.317 e. The molecule has 0 saturated carbocycles. The van der Waals surface area contributed by atoms with Crippen molar-refractivity contribution in [3.05, 3.63) is 46.6 Å². The summed E-state index contributed by atoms with van der Waals surface area (Å²) in [4.78, 5) is 36.7. The molecule has 3 heterocycles. The maximum absolute atomic E-state index is 13.9. The fourth-order valence-electron chi connectivity index (χ4n) is 5.21. The fourth-order valence-corrected chi connectivity index (χ4v) is 5.21. The Morgan fingerprint density at radius 2 is 1.52 bits per heavy atom. The lowest BCUT2D eigenvalue weighted by Crippen LogP contribution is -2.64. The molecule has 3 aromatic rings. The van der Waals surface area contributed by atoms with Crippen LogP contribution in [-0.2, 0) is 28.5 Å². The monoisotopic (exact) mass is 680 g/mol. The van der Waals surface area contributed by atoms with Crippen LogP contribution >= 0.6 is 0 Å². The molecule has 0 unspecified atom stereocenters. The molecule has 0 bridgehead atoms. The third-order valence-corrected chi connectivity index (χ3v) is 7.73. The SMILES string of the molecule is C[C@@H]1O[C@@H](O[C@H]2[C@H](Oc3c(-c4ccc(O)cc4)oc4cc(O)cc(O)c4c3=O)O[C@@H](COC(=O)CC(=O)O)[C@@H](O)[C@H]2O)[C@@H](O)[C@@H](O)[C@@H]1O. The predicted molar refractivity (Wildman–Crippen MR) is 155 cm³/mol. The van der Waals surface area contributed by atoms with Crippen LogP contribution in [-0.4, -0.2) is 126 Å². The van der Waals surface area contributed by atoms with E-state index in [-0.39, 0.29) is 22.7 Å². The van der Waals surface area contributed by atoms with Gasteiger partial charge in [-0.05, 0) is 31.2 Å². The van der Waals surface area contributed by atoms with Gasteiger partial charge in [0.05, 0.1) is 6.10 Å². The molecule has 260 valence electrons. The molecule has 18 nitrogen and oxygen atoms in total. The molecule has 2 aliphatic rings. The Kier molecular flexibility index (Phi) is 10.1. The van der Waals surface area contributed by atoms with Gasteiger partial charge in [-0.2, -0.15) is 0 Å². The van der Waals surface area contributed by atoms with Crippen molar-refractivity contribution in [2.75, 3.05) is 6.61 Å². The van der Waals surface area contributed by atoms with E-state index in [0.717, 1.165) is 12.1 Å². The number of carboxylic acid groups (broad SMARTS) is 1. The molecule has 10 atom stereocenters. The number of carbonyl (C=O) groups excluding carboxylic acids is 1. The number of aliphatic hydroxyl groups is 5. The van der Waals surface area contributed by atoms with Gasteiger partial charge in [-0.1, -0.05) is 0 Å². The number of ether oxygens (including phenoxy) is 5. The summed E-state index contributed by atoms with van der Waals surface area (Å²) in [5, 5.41) is 91.7. The minimum absolute atomic E-state index is 0.120. The van der Waals surface area contributed by atoms with E-state index < -0.39 is 114 Å². The first-order chi connectivity index (χ1) is 22.7. The molecule has 0 spiro atoms. The van der Waals surface area contributed by atoms with Crippen LogP contribution in [0, 0.1) is 0 Å². The number of benzene rings is 2. The molecule has 0 amide bonds. The number of carbonyl (C=O) groups is 2. The van der Waals surface area contributed by atoms with Crippen molar-refractivity contribution in [3.8, 4) is 34.3 Å². The van der Waals surface area contributed by atoms with Gasteiger partial charge in [-0.25, -0.2) is 0 Å². The Balaban J connectivity index is 1.58. The maximum atomic E-state index is 13.9. The van der Waals surface area contributed by atoms with Crippen LogP contribution in [0.2, 0.25) is 0 Å². The van der Waals surface area contributed by atoms with Crippen molar-refractivity contribution in [1.29, 1.82) is 0 Å². The van der Waals surface area contributed by atoms with E-state index >= 15 is 0 Å². The number of phenolic OH excluding ortho intramolecular Hbond substituents is 3. The van der Waals surface area contributed by atoms with Crippen LogP contribution in [0.3, 0.4) is 0 Å². The summed E-state index contributed by atoms with van der Waals surface area (Å²) in [7, 11) is 0. The predicted octanol–water partition coefficient (Wildman–Crippen LogP) is -1.37. The normalized spacial score (nSPS) is 30.5. The van der Waals surface area contributed by atoms with Gasteiger partial charge in [-0.15, -0.1) is 0 Å². The highest BCUT2D eigenvalue weighted by atomic mass is 16.8. The minimum atomic E-state index is -2.03. The molecule has 2 fully saturated rings. The Bertz CT molecular complexity index is 1700. The zero-order valence-electron chi connectivity index (χ0n) is 24.9. The summed E-state index contributed by atoms with van der Waals surface area (Å²) in [6, 6.07) is 7.05. The number of rotatable bonds is 9. The van der Waals surface area contributed by atoms with Crippen molar-refractivity contribution < 1.29 is 83.6 Å². The molecule has 5 rings (SSSR count). The van der Waals surface area contributed by atoms with Gasteiger partial charge < -0.3 is 74.1 Å². The molecule has 1 aromatic heterocycles. The number of aliphatic hydroxyl groups excluding tert-OH is 5. The Labute approximate surface area is 269 Å². The Hall–Kier alpha value is -4.53. The summed E-state index contributed by atoms with van der Waals surface area (Å²) in [5.74, 6) is -5.08. The minimum Gasteiger partial charge on any atom is -0.508 e. The number of hydrogen-bond acceptors (Lipinski definition) is 17. The first-order valence-corrected chi connectivity index (χ1v) is 14.4. The van der Waals surface area contributed by atoms with Crippen LogP contribution in [0.15, 0.2) is 45.6 Å². The molecular formula is C30H32O18. The number of carboxylic acids is 1. The van der Waals surface area contributed by atoms with E-state index in [4.69, 9.17) is 33.2 Å². The summed E-state index contributed by atoms with van der Waals surface area (Å²) in [5.41, 5.74) is -1.20. The van der Waals surface area contributed by atoms with Gasteiger partial charge in [0.25, 0.3) is 0 Å². The molecular weight excluding hydrogens is 648 g/mol. The highest BCUT2D eigenvalue weighted by Gasteiger charge is 2.51. The second kappa shape index (κ2) is 13.9. The van der Waals surface area contributed by atoms with Gasteiger partial charge in [0, 0.05) is 17.7 Å². The number of aliphatic carboxylic acids is 1. The van der Waals surface area contributed by atoms with Gasteiger partial charge in [-0.3, -0.25) is 14.4 Å². The molecule has 0 radical (unpaired) electrons. The lowest BCUT2D eigenvalue weighted by atomic mass is 9.97. The first-order valence-electron chi connectivity index (χ1n) is 14.4. The van der Waals surface area contributed by atoms with E-state index in [0.29, 0.717) is 0 Å². The van der Waals surface area contributed by atoms with Crippen LogP contribution in [0.5, 0.6) is 23.0 Å². The van der Waals surface area contributed by atoms with E-state index in [1.807, 2.05) is 0 Å². The van der Waals surface area contributed by atoms with Crippen LogP contribution < -0.4 is 10.2 Å². The molecule has 9 N–H and O–H groups in total. The lowest BCUT2D eigenvalue weighted by Gasteiger charge is -2.45. The molecule has 0 aliphatic carbocycles. The number of hydrogen-bond donors (Lipinski definition) is 9. The lowest BCUT2D eigenvalue weighted by molar-refractivity contribution is -0.354. The number of aromatic hydroxyl groups is 3. The zero-order chi connectivity index (χ0) is 35.0. The van der Waals surface area contributed by atoms with Gasteiger partial charge in [0.15, 0.2) is 18.2 Å². The van der Waals surface area contributed by atoms with Crippen molar-refractivity contribution in [1.82, 2.24) is 0 Å². The Morgan fingerprint density at radius 1 is 0.833 bits per heavy atom. The van der Waals surface area contributed by atoms with E-state index in [2.05, 4.69) is 0 Å². The van der Waals surface area contributed by atoms with Crippen molar-refractivity contribution >= 4 is 22.9 Å². The van der Waals surface area contributed by atoms with Gasteiger partial charge >= 0.3 is 11.9 Å². The van der Waals surface area contributed by atoms with E-state index in [1.165, 1.54) is 31.2 Å². The molecule has 2 saturated heterocycles. The molecule has 18 heteroatoms. The van der Waals surface area contributed by atoms with Crippen LogP contribution in [0.4, 0.5) is 0 Å². The van der Waals surface area contributed by atoms with Crippen molar-refractivity contribution in [2.24, 2.45) is 0 Å². The summed E-state index contributed by atoms with van der Waals surface area (Å²) in [6.45, 7) is 0.529. The third-order valence-electron chi connectivity index (χ3n) is 7.73. The van der Waals surface area contributed by atoms with E-state index in [1.54, 1.807) is 0 Å². The average Bonchev–Trinajstić information content (AvgIpc) is 3.02. The van der Waals surface area contributed by atoms with Gasteiger partial charge in [0.2, 0.25) is 17.5 Å². The average molecular weight is 681 g/mol. The van der Waals surface area contributed by atoms with Crippen molar-refractivity contribution in [3.63, 3.8) is 0 Å². The third kappa shape index (κ3) is 7.00. The molecule has 48 heavy (non-hydrogen) atoms. The maximum Gasteiger partial charge on any atom is 0.317 e. The topological polar surface area (TPSA) is 293 Å². The second-order valence-corrected chi connectivity index (χ2v) is 11.2. The molecule has 2 aromatic carbocycles. The van der Waals surface area contributed by atoms with E-state index in [9.17, 15) is 55.2 Å². The Morgan fingerprint density at radius 3 is 2.19 bits per heavy atom. The van der Waals surface area contributed by atoms with Gasteiger partial charge in [0.1, 0.15) is 77.9 Å². The quantitative estimate of drug-likeness (QED) is 0.0930. The number of phenols is 3. The fraction of sp³-hybridized carbons (Fsp3) is 0.433. The standard InChI is InChI=1S/C30H32O18/c1-10-20(37)23(40)25(42)29(44-10)48-28-24(41)21(38)16(9-43-18(36)8-17(34)35)46-30(28)47-27-22(39)19-14(33)6-13(32)7-15(19)45-26(27)11-2-4-12(31)5-3-11/h2-7,10,16,20-21,23-25,28-33,37-38,40-42H,8-9H2,1H3,(H,34,35)/t10-,16-,20+,21+,23-,24+,25-,28+,29-,30-/m0/s1. The molecule has 2 aliphatic heterocycles. The number of fused-ring (bicyclic) bond motifs is 1. The van der Waals surface area contributed by atoms with Crippen molar-refractivity contribution in [2.45, 2.75) is 74.8 Å². The summed E-state index contributed by atoms with van der Waals surface area (Å²) in [6.07, 6.45) is -18.6. The summed E-state index contributed by atoms with van der Waals surface area (Å²) < 4.78 is 33.6. The zero-order valence-corrected chi connectivity index (χ0v) is 24.9. The largest absolute Gasteiger partial charge is 0.508 e. The van der Waals surface area contributed by atoms with Crippen LogP contribution in [0.1, 0.15) is 13.3 Å². The first kappa shape index (κ1) is 34.8. The number of esters is 1. The highest BCUT2D eigenvalue weighted by Crippen LogP contribution is 2.38. The highest BCUT2D eigenvalue weighted by molar-refractivity contribution is 5.90. The summed E-state index contributed by atoms with van der Waals surface area (Å²) >= 11 is 0. The second-order valence-electron chi connectivity index (χ2n) is 11.2.